The third-order valence-corrected chi connectivity index (χ3v) is 5.84. The Balaban J connectivity index is 2.44. The van der Waals surface area contributed by atoms with Crippen molar-refractivity contribution >= 4 is 15.7 Å². The lowest BCUT2D eigenvalue weighted by Crippen LogP contribution is -2.30. The molecule has 0 saturated carbocycles. The third-order valence-electron chi connectivity index (χ3n) is 4.11. The van der Waals surface area contributed by atoms with E-state index in [4.69, 9.17) is 0 Å². The van der Waals surface area contributed by atoms with Crippen molar-refractivity contribution in [3.63, 3.8) is 0 Å². The van der Waals surface area contributed by atoms with Gasteiger partial charge in [-0.2, -0.15) is 0 Å². The molecule has 0 aliphatic rings. The molecule has 0 aliphatic heterocycles. The van der Waals surface area contributed by atoms with Crippen molar-refractivity contribution in [1.82, 2.24) is 5.32 Å². The van der Waals surface area contributed by atoms with E-state index in [1.165, 1.54) is 0 Å². The third kappa shape index (κ3) is 7.16. The minimum Gasteiger partial charge on any atom is -0.356 e. The monoisotopic (exact) mass is 339 g/mol. The Hall–Kier alpha value is -1.36. The Morgan fingerprint density at radius 3 is 2.39 bits per heavy atom. The first-order valence-corrected chi connectivity index (χ1v) is 10.1. The first kappa shape index (κ1) is 19.7. The first-order valence-electron chi connectivity index (χ1n) is 8.45. The molecule has 1 aromatic rings. The van der Waals surface area contributed by atoms with E-state index in [0.29, 0.717) is 12.5 Å². The van der Waals surface area contributed by atoms with Gasteiger partial charge in [0.1, 0.15) is 0 Å². The van der Waals surface area contributed by atoms with Crippen LogP contribution in [0.25, 0.3) is 0 Å². The second-order valence-corrected chi connectivity index (χ2v) is 8.21. The average molecular weight is 340 g/mol. The van der Waals surface area contributed by atoms with Crippen LogP contribution in [-0.4, -0.2) is 26.6 Å². The van der Waals surface area contributed by atoms with E-state index >= 15 is 0 Å². The molecule has 23 heavy (non-hydrogen) atoms. The van der Waals surface area contributed by atoms with E-state index in [-0.39, 0.29) is 23.0 Å². The number of nitrogens with one attached hydrogen (secondary N) is 1. The van der Waals surface area contributed by atoms with Crippen LogP contribution in [0.2, 0.25) is 0 Å². The van der Waals surface area contributed by atoms with Gasteiger partial charge >= 0.3 is 0 Å². The summed E-state index contributed by atoms with van der Waals surface area (Å²) in [7, 11) is -3.39. The van der Waals surface area contributed by atoms with E-state index in [9.17, 15) is 13.2 Å². The van der Waals surface area contributed by atoms with Gasteiger partial charge in [-0.05, 0) is 31.4 Å². The van der Waals surface area contributed by atoms with Gasteiger partial charge in [-0.25, -0.2) is 8.42 Å². The van der Waals surface area contributed by atoms with Gasteiger partial charge < -0.3 is 5.32 Å². The number of carbonyl (C=O) groups is 1. The normalized spacial score (nSPS) is 12.8. The van der Waals surface area contributed by atoms with E-state index < -0.39 is 9.84 Å². The van der Waals surface area contributed by atoms with E-state index in [1.807, 2.05) is 6.92 Å². The molecule has 0 heterocycles. The zero-order valence-electron chi connectivity index (χ0n) is 14.5. The molecule has 1 amide bonds. The fourth-order valence-electron chi connectivity index (χ4n) is 2.38. The molecule has 1 rings (SSSR count). The quantitative estimate of drug-likeness (QED) is 0.710. The van der Waals surface area contributed by atoms with Crippen LogP contribution in [0, 0.1) is 12.8 Å². The molecule has 0 fully saturated rings. The highest BCUT2D eigenvalue weighted by Gasteiger charge is 2.16. The van der Waals surface area contributed by atoms with Crippen LogP contribution in [-0.2, 0) is 14.6 Å². The summed E-state index contributed by atoms with van der Waals surface area (Å²) >= 11 is 0. The van der Waals surface area contributed by atoms with Gasteiger partial charge in [-0.15, -0.1) is 0 Å². The van der Waals surface area contributed by atoms with Crippen LogP contribution >= 0.6 is 0 Å². The largest absolute Gasteiger partial charge is 0.356 e. The SMILES string of the molecule is CCCCC(CC)CNC(=O)CCS(=O)(=O)c1ccc(C)cc1. The molecule has 130 valence electrons. The fraction of sp³-hybridized carbons (Fsp3) is 0.611. The van der Waals surface area contributed by atoms with Crippen LogP contribution in [0.4, 0.5) is 0 Å². The summed E-state index contributed by atoms with van der Waals surface area (Å²) in [5.74, 6) is 0.149. The number of carbonyl (C=O) groups excluding carboxylic acids is 1. The van der Waals surface area contributed by atoms with Crippen molar-refractivity contribution in [2.45, 2.75) is 57.8 Å². The fourth-order valence-corrected chi connectivity index (χ4v) is 3.62. The standard InChI is InChI=1S/C18H29NO3S/c1-4-6-7-16(5-2)14-19-18(20)12-13-23(21,22)17-10-8-15(3)9-11-17/h8-11,16H,4-7,12-14H2,1-3H3,(H,19,20). The molecule has 0 aromatic heterocycles. The highest BCUT2D eigenvalue weighted by Crippen LogP contribution is 2.14. The Morgan fingerprint density at radius 2 is 1.83 bits per heavy atom. The molecular formula is C18H29NO3S. The second-order valence-electron chi connectivity index (χ2n) is 6.10. The molecule has 0 radical (unpaired) electrons. The van der Waals surface area contributed by atoms with Crippen molar-refractivity contribution in [3.05, 3.63) is 29.8 Å². The summed E-state index contributed by atoms with van der Waals surface area (Å²) in [6, 6.07) is 6.74. The number of hydrogen-bond donors (Lipinski definition) is 1. The predicted molar refractivity (Wildman–Crippen MR) is 94.2 cm³/mol. The van der Waals surface area contributed by atoms with Gasteiger partial charge in [0, 0.05) is 13.0 Å². The molecule has 5 heteroatoms. The van der Waals surface area contributed by atoms with Crippen LogP contribution in [0.1, 0.15) is 51.5 Å². The Kier molecular flexibility index (Phi) is 8.31. The van der Waals surface area contributed by atoms with Crippen molar-refractivity contribution < 1.29 is 13.2 Å². The lowest BCUT2D eigenvalue weighted by atomic mass is 9.99. The summed E-state index contributed by atoms with van der Waals surface area (Å²) in [6.45, 7) is 6.82. The van der Waals surface area contributed by atoms with Gasteiger partial charge in [0.25, 0.3) is 0 Å². The van der Waals surface area contributed by atoms with Crippen molar-refractivity contribution in [2.75, 3.05) is 12.3 Å². The number of amides is 1. The summed E-state index contributed by atoms with van der Waals surface area (Å²) < 4.78 is 24.4. The van der Waals surface area contributed by atoms with Gasteiger partial charge in [0.2, 0.25) is 5.91 Å². The van der Waals surface area contributed by atoms with Crippen LogP contribution < -0.4 is 5.32 Å². The molecule has 4 nitrogen and oxygen atoms in total. The summed E-state index contributed by atoms with van der Waals surface area (Å²) in [5.41, 5.74) is 1.01. The summed E-state index contributed by atoms with van der Waals surface area (Å²) in [5, 5.41) is 2.87. The van der Waals surface area contributed by atoms with Crippen molar-refractivity contribution in [3.8, 4) is 0 Å². The minimum atomic E-state index is -3.39. The topological polar surface area (TPSA) is 63.2 Å². The van der Waals surface area contributed by atoms with Gasteiger partial charge in [0.15, 0.2) is 9.84 Å². The number of benzene rings is 1. The molecule has 0 aliphatic carbocycles. The molecule has 0 spiro atoms. The van der Waals surface area contributed by atoms with Gasteiger partial charge in [0.05, 0.1) is 10.6 Å². The molecular weight excluding hydrogens is 310 g/mol. The van der Waals surface area contributed by atoms with Gasteiger partial charge in [-0.1, -0.05) is 50.8 Å². The van der Waals surface area contributed by atoms with E-state index in [0.717, 1.165) is 31.2 Å². The Morgan fingerprint density at radius 1 is 1.17 bits per heavy atom. The predicted octanol–water partition coefficient (Wildman–Crippen LogP) is 3.49. The van der Waals surface area contributed by atoms with Crippen LogP contribution in [0.3, 0.4) is 0 Å². The smallest absolute Gasteiger partial charge is 0.221 e. The molecule has 0 saturated heterocycles. The van der Waals surface area contributed by atoms with E-state index in [1.54, 1.807) is 24.3 Å². The number of unbranched alkanes of at least 4 members (excludes halogenated alkanes) is 1. The van der Waals surface area contributed by atoms with E-state index in [2.05, 4.69) is 19.2 Å². The maximum atomic E-state index is 12.2. The van der Waals surface area contributed by atoms with Gasteiger partial charge in [-0.3, -0.25) is 4.79 Å². The summed E-state index contributed by atoms with van der Waals surface area (Å²) in [6.07, 6.45) is 4.47. The zero-order chi connectivity index (χ0) is 17.3. The second kappa shape index (κ2) is 9.71. The van der Waals surface area contributed by atoms with Crippen molar-refractivity contribution in [2.24, 2.45) is 5.92 Å². The number of aryl methyl sites for hydroxylation is 1. The maximum Gasteiger partial charge on any atom is 0.221 e. The Bertz CT molecular complexity index is 579. The summed E-state index contributed by atoms with van der Waals surface area (Å²) in [4.78, 5) is 12.2. The molecule has 1 atom stereocenters. The first-order chi connectivity index (χ1) is 10.9. The maximum absolute atomic E-state index is 12.2. The van der Waals surface area contributed by atoms with Crippen molar-refractivity contribution in [1.29, 1.82) is 0 Å². The highest BCUT2D eigenvalue weighted by molar-refractivity contribution is 7.91. The molecule has 1 N–H and O–H groups in total. The molecule has 1 aromatic carbocycles. The molecule has 0 bridgehead atoms. The zero-order valence-corrected chi connectivity index (χ0v) is 15.3. The average Bonchev–Trinajstić information content (AvgIpc) is 2.53. The van der Waals surface area contributed by atoms with Crippen LogP contribution in [0.5, 0.6) is 0 Å². The highest BCUT2D eigenvalue weighted by atomic mass is 32.2. The lowest BCUT2D eigenvalue weighted by molar-refractivity contribution is -0.120. The number of sulfone groups is 1. The minimum absolute atomic E-state index is 0.0143. The number of hydrogen-bond acceptors (Lipinski definition) is 3. The Labute approximate surface area is 140 Å². The lowest BCUT2D eigenvalue weighted by Gasteiger charge is -2.15. The number of rotatable bonds is 10. The molecule has 1 unspecified atom stereocenters. The van der Waals surface area contributed by atoms with Crippen LogP contribution in [0.15, 0.2) is 29.2 Å².